The van der Waals surface area contributed by atoms with Crippen LogP contribution in [-0.4, -0.2) is 28.9 Å². The van der Waals surface area contributed by atoms with Crippen molar-refractivity contribution in [2.45, 2.75) is 19.1 Å². The highest BCUT2D eigenvalue weighted by atomic mass is 35.5. The summed E-state index contributed by atoms with van der Waals surface area (Å²) in [6.07, 6.45) is -2.86. The summed E-state index contributed by atoms with van der Waals surface area (Å²) in [6, 6.07) is 3.14. The molecular formula is C9H11ClO4S. The number of halogens is 1. The lowest BCUT2D eigenvalue weighted by Gasteiger charge is -2.14. The van der Waals surface area contributed by atoms with Crippen LogP contribution >= 0.6 is 22.9 Å². The zero-order valence-corrected chi connectivity index (χ0v) is 9.59. The molecule has 0 radical (unpaired) electrons. The first-order valence-corrected chi connectivity index (χ1v) is 5.53. The van der Waals surface area contributed by atoms with E-state index in [2.05, 4.69) is 4.74 Å². The summed E-state index contributed by atoms with van der Waals surface area (Å²) in [5.41, 5.74) is 0. The van der Waals surface area contributed by atoms with Crippen molar-refractivity contribution in [1.82, 2.24) is 0 Å². The first-order chi connectivity index (χ1) is 7.06. The van der Waals surface area contributed by atoms with Gasteiger partial charge in [-0.2, -0.15) is 0 Å². The second-order valence-electron chi connectivity index (χ2n) is 2.78. The number of rotatable bonds is 4. The Balaban J connectivity index is 2.67. The lowest BCUT2D eigenvalue weighted by molar-refractivity contribution is -0.159. The van der Waals surface area contributed by atoms with Crippen LogP contribution in [0.5, 0.6) is 0 Å². The summed E-state index contributed by atoms with van der Waals surface area (Å²) in [7, 11) is 0. The zero-order valence-electron chi connectivity index (χ0n) is 8.01. The molecule has 0 amide bonds. The van der Waals surface area contributed by atoms with Crippen molar-refractivity contribution in [2.24, 2.45) is 0 Å². The van der Waals surface area contributed by atoms with Crippen LogP contribution in [0.4, 0.5) is 0 Å². The number of hydrogen-bond donors (Lipinski definition) is 2. The topological polar surface area (TPSA) is 66.8 Å². The number of hydrogen-bond acceptors (Lipinski definition) is 5. The second-order valence-corrected chi connectivity index (χ2v) is 4.53. The lowest BCUT2D eigenvalue weighted by Crippen LogP contribution is -2.29. The van der Waals surface area contributed by atoms with E-state index in [0.29, 0.717) is 9.21 Å². The van der Waals surface area contributed by atoms with Gasteiger partial charge < -0.3 is 14.9 Å². The van der Waals surface area contributed by atoms with E-state index in [1.165, 1.54) is 0 Å². The summed E-state index contributed by atoms with van der Waals surface area (Å²) >= 11 is 6.77. The molecule has 0 aliphatic heterocycles. The molecule has 0 saturated heterocycles. The largest absolute Gasteiger partial charge is 0.464 e. The molecule has 0 aromatic carbocycles. The number of ether oxygens (including phenoxy) is 1. The first-order valence-electron chi connectivity index (χ1n) is 4.34. The molecule has 1 aromatic rings. The van der Waals surface area contributed by atoms with Gasteiger partial charge in [-0.1, -0.05) is 11.6 Å². The van der Waals surface area contributed by atoms with Crippen LogP contribution in [0.25, 0.3) is 0 Å². The monoisotopic (exact) mass is 250 g/mol. The molecular weight excluding hydrogens is 240 g/mol. The number of carbonyl (C=O) groups excluding carboxylic acids is 1. The molecule has 0 aliphatic carbocycles. The third kappa shape index (κ3) is 3.17. The molecule has 15 heavy (non-hydrogen) atoms. The molecule has 2 N–H and O–H groups in total. The maximum Gasteiger partial charge on any atom is 0.338 e. The molecule has 0 aliphatic rings. The van der Waals surface area contributed by atoms with Crippen LogP contribution in [0.1, 0.15) is 17.9 Å². The van der Waals surface area contributed by atoms with Crippen molar-refractivity contribution in [3.05, 3.63) is 21.3 Å². The van der Waals surface area contributed by atoms with Gasteiger partial charge in [0.1, 0.15) is 6.10 Å². The van der Waals surface area contributed by atoms with Crippen LogP contribution in [0.2, 0.25) is 4.34 Å². The molecule has 0 unspecified atom stereocenters. The predicted molar refractivity (Wildman–Crippen MR) is 56.9 cm³/mol. The highest BCUT2D eigenvalue weighted by Crippen LogP contribution is 2.28. The van der Waals surface area contributed by atoms with Crippen LogP contribution in [0, 0.1) is 0 Å². The van der Waals surface area contributed by atoms with E-state index >= 15 is 0 Å². The average molecular weight is 251 g/mol. The Labute approximate surface area is 96.1 Å². The van der Waals surface area contributed by atoms with Crippen molar-refractivity contribution in [1.29, 1.82) is 0 Å². The highest BCUT2D eigenvalue weighted by Gasteiger charge is 2.27. The normalized spacial score (nSPS) is 14.7. The van der Waals surface area contributed by atoms with Gasteiger partial charge >= 0.3 is 5.97 Å². The van der Waals surface area contributed by atoms with Gasteiger partial charge in [-0.3, -0.25) is 0 Å². The minimum Gasteiger partial charge on any atom is -0.464 e. The summed E-state index contributed by atoms with van der Waals surface area (Å²) in [4.78, 5) is 11.5. The van der Waals surface area contributed by atoms with Gasteiger partial charge in [-0.15, -0.1) is 11.3 Å². The molecule has 84 valence electrons. The Morgan fingerprint density at radius 3 is 2.73 bits per heavy atom. The maximum atomic E-state index is 11.1. The second kappa shape index (κ2) is 5.46. The van der Waals surface area contributed by atoms with E-state index in [1.54, 1.807) is 19.1 Å². The summed E-state index contributed by atoms with van der Waals surface area (Å²) in [5.74, 6) is -0.838. The Hall–Kier alpha value is -0.620. The van der Waals surface area contributed by atoms with Crippen LogP contribution in [-0.2, 0) is 9.53 Å². The molecule has 1 aromatic heterocycles. The highest BCUT2D eigenvalue weighted by molar-refractivity contribution is 7.16. The van der Waals surface area contributed by atoms with Gasteiger partial charge in [0.2, 0.25) is 0 Å². The molecule has 2 atom stereocenters. The molecule has 0 fully saturated rings. The molecule has 6 heteroatoms. The van der Waals surface area contributed by atoms with Crippen molar-refractivity contribution < 1.29 is 19.7 Å². The SMILES string of the molecule is CCOC(=O)[C@H](O)[C@@H](O)c1ccc(Cl)s1. The van der Waals surface area contributed by atoms with Crippen molar-refractivity contribution in [3.8, 4) is 0 Å². The lowest BCUT2D eigenvalue weighted by atomic mass is 10.2. The van der Waals surface area contributed by atoms with Gasteiger partial charge in [0.25, 0.3) is 0 Å². The molecule has 1 heterocycles. The van der Waals surface area contributed by atoms with E-state index in [9.17, 15) is 15.0 Å². The minimum absolute atomic E-state index is 0.161. The van der Waals surface area contributed by atoms with E-state index in [-0.39, 0.29) is 6.61 Å². The van der Waals surface area contributed by atoms with Crippen molar-refractivity contribution >= 4 is 28.9 Å². The molecule has 0 spiro atoms. The van der Waals surface area contributed by atoms with Gasteiger partial charge in [-0.25, -0.2) is 4.79 Å². The third-order valence-electron chi connectivity index (χ3n) is 1.71. The van der Waals surface area contributed by atoms with E-state index in [1.807, 2.05) is 0 Å². The minimum atomic E-state index is -1.57. The standard InChI is InChI=1S/C9H11ClO4S/c1-2-14-9(13)8(12)7(11)5-3-4-6(10)15-5/h3-4,7-8,11-12H,2H2,1H3/t7-,8+/m0/s1. The molecule has 0 bridgehead atoms. The van der Waals surface area contributed by atoms with Gasteiger partial charge in [0.15, 0.2) is 6.10 Å². The van der Waals surface area contributed by atoms with Crippen LogP contribution in [0.15, 0.2) is 12.1 Å². The number of esters is 1. The molecule has 1 rings (SSSR count). The van der Waals surface area contributed by atoms with Crippen molar-refractivity contribution in [2.75, 3.05) is 6.61 Å². The number of aliphatic hydroxyl groups excluding tert-OH is 2. The van der Waals surface area contributed by atoms with Gasteiger partial charge in [0, 0.05) is 4.88 Å². The Morgan fingerprint density at radius 2 is 2.27 bits per heavy atom. The smallest absolute Gasteiger partial charge is 0.338 e. The predicted octanol–water partition coefficient (Wildman–Crippen LogP) is 1.36. The number of thiophene rings is 1. The van der Waals surface area contributed by atoms with Gasteiger partial charge in [-0.05, 0) is 19.1 Å². The van der Waals surface area contributed by atoms with E-state index in [4.69, 9.17) is 11.6 Å². The summed E-state index contributed by atoms with van der Waals surface area (Å²) < 4.78 is 5.06. The fourth-order valence-electron chi connectivity index (χ4n) is 0.999. The fraction of sp³-hybridized carbons (Fsp3) is 0.444. The summed E-state index contributed by atoms with van der Waals surface area (Å²) in [6.45, 7) is 1.78. The first kappa shape index (κ1) is 12.4. The molecule has 4 nitrogen and oxygen atoms in total. The Morgan fingerprint density at radius 1 is 1.60 bits per heavy atom. The van der Waals surface area contributed by atoms with Crippen molar-refractivity contribution in [3.63, 3.8) is 0 Å². The summed E-state index contributed by atoms with van der Waals surface area (Å²) in [5, 5.41) is 19.0. The van der Waals surface area contributed by atoms with E-state index < -0.39 is 18.2 Å². The van der Waals surface area contributed by atoms with Crippen LogP contribution in [0.3, 0.4) is 0 Å². The fourth-order valence-corrected chi connectivity index (χ4v) is 2.08. The molecule has 0 saturated carbocycles. The van der Waals surface area contributed by atoms with Gasteiger partial charge in [0.05, 0.1) is 10.9 Å². The zero-order chi connectivity index (χ0) is 11.4. The Kier molecular flexibility index (Phi) is 4.53. The third-order valence-corrected chi connectivity index (χ3v) is 3.01. The van der Waals surface area contributed by atoms with Crippen LogP contribution < -0.4 is 0 Å². The number of aliphatic hydroxyl groups is 2. The quantitative estimate of drug-likeness (QED) is 0.792. The Bertz CT molecular complexity index is 339. The maximum absolute atomic E-state index is 11.1. The number of carbonyl (C=O) groups is 1. The average Bonchev–Trinajstić information content (AvgIpc) is 2.63. The van der Waals surface area contributed by atoms with E-state index in [0.717, 1.165) is 11.3 Å².